The molecule has 98 valence electrons. The molecular formula is C12H22ClN3S. The van der Waals surface area contributed by atoms with Crippen molar-refractivity contribution in [2.24, 2.45) is 0 Å². The largest absolute Gasteiger partial charge is 0.315 e. The fraction of sp³-hybridized carbons (Fsp3) is 0.750. The van der Waals surface area contributed by atoms with Crippen LogP contribution in [0.3, 0.4) is 0 Å². The van der Waals surface area contributed by atoms with Crippen LogP contribution < -0.4 is 5.32 Å². The second-order valence-electron chi connectivity index (χ2n) is 4.46. The van der Waals surface area contributed by atoms with E-state index in [-0.39, 0.29) is 12.4 Å². The van der Waals surface area contributed by atoms with E-state index in [0.717, 1.165) is 19.1 Å². The Kier molecular flexibility index (Phi) is 6.41. The summed E-state index contributed by atoms with van der Waals surface area (Å²) in [7, 11) is 0. The van der Waals surface area contributed by atoms with Gasteiger partial charge in [0.05, 0.1) is 5.01 Å². The van der Waals surface area contributed by atoms with Gasteiger partial charge in [-0.15, -0.1) is 23.7 Å². The molecule has 0 radical (unpaired) electrons. The molecule has 0 bridgehead atoms. The number of halogens is 1. The molecule has 0 saturated carbocycles. The summed E-state index contributed by atoms with van der Waals surface area (Å²) in [6.07, 6.45) is 4.55. The fourth-order valence-electron chi connectivity index (χ4n) is 2.31. The molecule has 1 saturated heterocycles. The Bertz CT molecular complexity index is 323. The second kappa shape index (κ2) is 7.31. The summed E-state index contributed by atoms with van der Waals surface area (Å²) in [5, 5.41) is 4.63. The van der Waals surface area contributed by atoms with Crippen LogP contribution in [0.15, 0.2) is 6.20 Å². The van der Waals surface area contributed by atoms with Crippen LogP contribution in [-0.4, -0.2) is 35.6 Å². The van der Waals surface area contributed by atoms with Crippen LogP contribution in [0.5, 0.6) is 0 Å². The lowest BCUT2D eigenvalue weighted by atomic mass is 10.2. The number of hydrogen-bond donors (Lipinski definition) is 1. The molecule has 1 unspecified atom stereocenters. The molecule has 5 heteroatoms. The maximum Gasteiger partial charge on any atom is 0.0897 e. The minimum atomic E-state index is 0. The molecule has 1 atom stereocenters. The van der Waals surface area contributed by atoms with Crippen molar-refractivity contribution in [1.82, 2.24) is 15.2 Å². The van der Waals surface area contributed by atoms with Gasteiger partial charge >= 0.3 is 0 Å². The molecule has 17 heavy (non-hydrogen) atoms. The van der Waals surface area contributed by atoms with Crippen LogP contribution in [0.2, 0.25) is 0 Å². The molecule has 2 heterocycles. The van der Waals surface area contributed by atoms with Gasteiger partial charge < -0.3 is 5.32 Å². The van der Waals surface area contributed by atoms with E-state index in [1.54, 1.807) is 0 Å². The number of thiazole rings is 1. The minimum absolute atomic E-state index is 0. The number of rotatable bonds is 5. The molecule has 1 aromatic rings. The van der Waals surface area contributed by atoms with E-state index in [4.69, 9.17) is 0 Å². The standard InChI is InChI=1S/C12H21N3S.ClH/c1-3-6-15(11-4-5-13-7-11)9-12-8-14-10(2)16-12;/h8,11,13H,3-7,9H2,1-2H3;1H. The van der Waals surface area contributed by atoms with Gasteiger partial charge in [0, 0.05) is 30.2 Å². The molecule has 1 fully saturated rings. The Labute approximate surface area is 114 Å². The van der Waals surface area contributed by atoms with Crippen LogP contribution in [0.25, 0.3) is 0 Å². The van der Waals surface area contributed by atoms with E-state index in [1.165, 1.54) is 35.8 Å². The van der Waals surface area contributed by atoms with Crippen molar-refractivity contribution < 1.29 is 0 Å². The maximum absolute atomic E-state index is 4.33. The normalized spacial score (nSPS) is 19.6. The van der Waals surface area contributed by atoms with Crippen molar-refractivity contribution in [3.8, 4) is 0 Å². The first kappa shape index (κ1) is 14.9. The van der Waals surface area contributed by atoms with Crippen molar-refractivity contribution in [1.29, 1.82) is 0 Å². The Balaban J connectivity index is 0.00000144. The highest BCUT2D eigenvalue weighted by Gasteiger charge is 2.22. The topological polar surface area (TPSA) is 28.2 Å². The molecule has 1 aromatic heterocycles. The fourth-order valence-corrected chi connectivity index (χ4v) is 3.13. The van der Waals surface area contributed by atoms with Crippen LogP contribution in [0.1, 0.15) is 29.7 Å². The van der Waals surface area contributed by atoms with E-state index in [9.17, 15) is 0 Å². The van der Waals surface area contributed by atoms with E-state index in [0.29, 0.717) is 0 Å². The smallest absolute Gasteiger partial charge is 0.0897 e. The molecule has 0 spiro atoms. The predicted octanol–water partition coefficient (Wildman–Crippen LogP) is 2.45. The number of hydrogen-bond acceptors (Lipinski definition) is 4. The number of nitrogens with zero attached hydrogens (tertiary/aromatic N) is 2. The molecule has 2 rings (SSSR count). The minimum Gasteiger partial charge on any atom is -0.315 e. The van der Waals surface area contributed by atoms with Gasteiger partial charge in [-0.1, -0.05) is 6.92 Å². The molecule has 1 aliphatic rings. The third kappa shape index (κ3) is 4.21. The second-order valence-corrected chi connectivity index (χ2v) is 5.78. The first-order valence-electron chi connectivity index (χ1n) is 6.15. The summed E-state index contributed by atoms with van der Waals surface area (Å²) in [5.74, 6) is 0. The average Bonchev–Trinajstić information content (AvgIpc) is 2.88. The Morgan fingerprint density at radius 2 is 2.41 bits per heavy atom. The summed E-state index contributed by atoms with van der Waals surface area (Å²) in [6.45, 7) is 8.93. The highest BCUT2D eigenvalue weighted by atomic mass is 35.5. The SMILES string of the molecule is CCCN(Cc1cnc(C)s1)C1CCNC1.Cl. The molecule has 3 nitrogen and oxygen atoms in total. The van der Waals surface area contributed by atoms with Gasteiger partial charge in [0.25, 0.3) is 0 Å². The third-order valence-electron chi connectivity index (χ3n) is 3.09. The van der Waals surface area contributed by atoms with Gasteiger partial charge in [-0.3, -0.25) is 4.90 Å². The van der Waals surface area contributed by atoms with E-state index in [2.05, 4.69) is 29.0 Å². The molecule has 0 aromatic carbocycles. The monoisotopic (exact) mass is 275 g/mol. The van der Waals surface area contributed by atoms with Gasteiger partial charge in [0.2, 0.25) is 0 Å². The van der Waals surface area contributed by atoms with Crippen LogP contribution >= 0.6 is 23.7 Å². The van der Waals surface area contributed by atoms with Crippen molar-refractivity contribution in [2.75, 3.05) is 19.6 Å². The van der Waals surface area contributed by atoms with Crippen LogP contribution in [0.4, 0.5) is 0 Å². The summed E-state index contributed by atoms with van der Waals surface area (Å²) in [4.78, 5) is 8.34. The molecular weight excluding hydrogens is 254 g/mol. The maximum atomic E-state index is 4.33. The van der Waals surface area contributed by atoms with Gasteiger partial charge in [-0.2, -0.15) is 0 Å². The predicted molar refractivity (Wildman–Crippen MR) is 76.1 cm³/mol. The van der Waals surface area contributed by atoms with Crippen molar-refractivity contribution in [2.45, 2.75) is 39.3 Å². The van der Waals surface area contributed by atoms with E-state index >= 15 is 0 Å². The third-order valence-corrected chi connectivity index (χ3v) is 3.99. The Morgan fingerprint density at radius 3 is 2.94 bits per heavy atom. The first-order valence-corrected chi connectivity index (χ1v) is 6.97. The van der Waals surface area contributed by atoms with E-state index in [1.807, 2.05) is 17.5 Å². The molecule has 0 amide bonds. The lowest BCUT2D eigenvalue weighted by Gasteiger charge is -2.27. The zero-order valence-electron chi connectivity index (χ0n) is 10.6. The van der Waals surface area contributed by atoms with Gasteiger partial charge in [0.15, 0.2) is 0 Å². The first-order chi connectivity index (χ1) is 7.79. The summed E-state index contributed by atoms with van der Waals surface area (Å²) in [5.41, 5.74) is 0. The summed E-state index contributed by atoms with van der Waals surface area (Å²) < 4.78 is 0. The average molecular weight is 276 g/mol. The van der Waals surface area contributed by atoms with Gasteiger partial charge in [0.1, 0.15) is 0 Å². The number of aryl methyl sites for hydroxylation is 1. The zero-order valence-corrected chi connectivity index (χ0v) is 12.2. The lowest BCUT2D eigenvalue weighted by Crippen LogP contribution is -2.36. The van der Waals surface area contributed by atoms with Crippen molar-refractivity contribution >= 4 is 23.7 Å². The number of aromatic nitrogens is 1. The van der Waals surface area contributed by atoms with E-state index < -0.39 is 0 Å². The highest BCUT2D eigenvalue weighted by Crippen LogP contribution is 2.18. The van der Waals surface area contributed by atoms with Crippen molar-refractivity contribution in [3.63, 3.8) is 0 Å². The van der Waals surface area contributed by atoms with Crippen molar-refractivity contribution in [3.05, 3.63) is 16.1 Å². The summed E-state index contributed by atoms with van der Waals surface area (Å²) >= 11 is 1.83. The summed E-state index contributed by atoms with van der Waals surface area (Å²) in [6, 6.07) is 0.724. The molecule has 0 aliphatic carbocycles. The Hall–Kier alpha value is -0.160. The van der Waals surface area contributed by atoms with Gasteiger partial charge in [-0.25, -0.2) is 4.98 Å². The van der Waals surface area contributed by atoms with Crippen LogP contribution in [0, 0.1) is 6.92 Å². The zero-order chi connectivity index (χ0) is 11.4. The molecule has 1 N–H and O–H groups in total. The van der Waals surface area contributed by atoms with Gasteiger partial charge in [-0.05, 0) is 32.9 Å². The molecule has 1 aliphatic heterocycles. The number of nitrogens with one attached hydrogen (secondary N) is 1. The van der Waals surface area contributed by atoms with Crippen LogP contribution in [-0.2, 0) is 6.54 Å². The highest BCUT2D eigenvalue weighted by molar-refractivity contribution is 7.11. The quantitative estimate of drug-likeness (QED) is 0.895. The Morgan fingerprint density at radius 1 is 1.59 bits per heavy atom. The lowest BCUT2D eigenvalue weighted by molar-refractivity contribution is 0.201.